The number of fused-ring (bicyclic) bond motifs is 1. The lowest BCUT2D eigenvalue weighted by Crippen LogP contribution is -2.33. The molecule has 0 amide bonds. The first-order valence-electron chi connectivity index (χ1n) is 6.15. The van der Waals surface area contributed by atoms with Crippen LogP contribution in [-0.2, 0) is 26.2 Å². The molecular weight excluding hydrogens is 246 g/mol. The fraction of sp³-hybridized carbons (Fsp3) is 0.500. The van der Waals surface area contributed by atoms with Crippen molar-refractivity contribution in [2.75, 3.05) is 13.6 Å². The largest absolute Gasteiger partial charge is 0.333 e. The van der Waals surface area contributed by atoms with Crippen molar-refractivity contribution in [3.63, 3.8) is 0 Å². The Labute approximate surface area is 110 Å². The van der Waals surface area contributed by atoms with E-state index in [-0.39, 0.29) is 0 Å². The molecule has 18 heavy (non-hydrogen) atoms. The van der Waals surface area contributed by atoms with Gasteiger partial charge in [-0.2, -0.15) is 0 Å². The third kappa shape index (κ3) is 2.45. The molecule has 96 valence electrons. The highest BCUT2D eigenvalue weighted by molar-refractivity contribution is 7.09. The van der Waals surface area contributed by atoms with Gasteiger partial charge in [-0.1, -0.05) is 0 Å². The van der Waals surface area contributed by atoms with E-state index in [1.165, 1.54) is 5.69 Å². The number of nitrogens with one attached hydrogen (secondary N) is 1. The Hall–Kier alpha value is -1.24. The van der Waals surface area contributed by atoms with Crippen molar-refractivity contribution in [3.05, 3.63) is 34.3 Å². The summed E-state index contributed by atoms with van der Waals surface area (Å²) in [6.45, 7) is 4.80. The van der Waals surface area contributed by atoms with Crippen LogP contribution in [0.5, 0.6) is 0 Å². The van der Waals surface area contributed by atoms with Gasteiger partial charge in [0.2, 0.25) is 0 Å². The van der Waals surface area contributed by atoms with E-state index in [1.54, 1.807) is 11.3 Å². The maximum Gasteiger partial charge on any atom is 0.122 e. The lowest BCUT2D eigenvalue weighted by atomic mass is 10.3. The minimum atomic E-state index is 0.856. The number of hydrogen-bond donors (Lipinski definition) is 1. The van der Waals surface area contributed by atoms with Crippen molar-refractivity contribution >= 4 is 11.3 Å². The Morgan fingerprint density at radius 1 is 1.44 bits per heavy atom. The lowest BCUT2D eigenvalue weighted by Gasteiger charge is -2.26. The summed E-state index contributed by atoms with van der Waals surface area (Å²) in [4.78, 5) is 11.4. The van der Waals surface area contributed by atoms with Crippen LogP contribution in [0.1, 0.15) is 16.5 Å². The van der Waals surface area contributed by atoms with Crippen LogP contribution in [-0.4, -0.2) is 33.0 Å². The molecule has 1 aliphatic heterocycles. The summed E-state index contributed by atoms with van der Waals surface area (Å²) >= 11 is 1.73. The average Bonchev–Trinajstić information content (AvgIpc) is 2.98. The molecular formula is C12H17N5S. The summed E-state index contributed by atoms with van der Waals surface area (Å²) in [5.74, 6) is 1.16. The molecule has 0 fully saturated rings. The summed E-state index contributed by atoms with van der Waals surface area (Å²) in [7, 11) is 1.95. The van der Waals surface area contributed by atoms with Crippen molar-refractivity contribution in [2.45, 2.75) is 26.2 Å². The van der Waals surface area contributed by atoms with Gasteiger partial charge in [-0.05, 0) is 7.05 Å². The molecule has 0 atom stereocenters. The van der Waals surface area contributed by atoms with Crippen LogP contribution >= 0.6 is 11.3 Å². The average molecular weight is 263 g/mol. The summed E-state index contributed by atoms with van der Waals surface area (Å²) in [6.07, 6.45) is 3.94. The molecule has 0 bridgehead atoms. The fourth-order valence-corrected chi connectivity index (χ4v) is 3.04. The Morgan fingerprint density at radius 2 is 2.39 bits per heavy atom. The standard InChI is InChI=1S/C12H17N5S/c1-13-6-12-15-10(9-18-12)7-16-4-5-17-3-2-14-11(17)8-16/h2-3,9,13H,4-8H2,1H3. The second kappa shape index (κ2) is 5.17. The first kappa shape index (κ1) is 11.8. The molecule has 3 heterocycles. The first-order chi connectivity index (χ1) is 8.85. The van der Waals surface area contributed by atoms with Gasteiger partial charge in [0.15, 0.2) is 0 Å². The third-order valence-corrected chi connectivity index (χ3v) is 4.03. The van der Waals surface area contributed by atoms with E-state index in [4.69, 9.17) is 0 Å². The predicted octanol–water partition coefficient (Wildman–Crippen LogP) is 1.07. The SMILES string of the molecule is CNCc1nc(CN2CCn3ccnc3C2)cs1. The molecule has 2 aromatic heterocycles. The molecule has 1 N–H and O–H groups in total. The number of aromatic nitrogens is 3. The van der Waals surface area contributed by atoms with E-state index in [2.05, 4.69) is 36.3 Å². The second-order valence-corrected chi connectivity index (χ2v) is 5.45. The minimum absolute atomic E-state index is 0.856. The molecule has 0 aromatic carbocycles. The summed E-state index contributed by atoms with van der Waals surface area (Å²) in [5.41, 5.74) is 1.17. The molecule has 0 saturated carbocycles. The molecule has 6 heteroatoms. The van der Waals surface area contributed by atoms with Crippen LogP contribution in [0, 0.1) is 0 Å². The van der Waals surface area contributed by atoms with Crippen LogP contribution in [0.4, 0.5) is 0 Å². The Morgan fingerprint density at radius 3 is 3.28 bits per heavy atom. The maximum absolute atomic E-state index is 4.62. The van der Waals surface area contributed by atoms with Gasteiger partial charge in [-0.3, -0.25) is 4.90 Å². The Bertz CT molecular complexity index is 518. The van der Waals surface area contributed by atoms with E-state index in [1.807, 2.05) is 13.2 Å². The van der Waals surface area contributed by atoms with Crippen molar-refractivity contribution in [1.82, 2.24) is 24.8 Å². The molecule has 3 rings (SSSR count). The molecule has 5 nitrogen and oxygen atoms in total. The van der Waals surface area contributed by atoms with E-state index in [0.717, 1.165) is 43.6 Å². The predicted molar refractivity (Wildman–Crippen MR) is 71.2 cm³/mol. The first-order valence-corrected chi connectivity index (χ1v) is 7.03. The number of imidazole rings is 1. The third-order valence-electron chi connectivity index (χ3n) is 3.14. The van der Waals surface area contributed by atoms with Gasteiger partial charge in [0, 0.05) is 44.0 Å². The molecule has 0 radical (unpaired) electrons. The smallest absolute Gasteiger partial charge is 0.122 e. The monoisotopic (exact) mass is 263 g/mol. The summed E-state index contributed by atoms with van der Waals surface area (Å²) in [6, 6.07) is 0. The number of hydrogen-bond acceptors (Lipinski definition) is 5. The Kier molecular flexibility index (Phi) is 3.40. The summed E-state index contributed by atoms with van der Waals surface area (Å²) in [5, 5.41) is 6.45. The fourth-order valence-electron chi connectivity index (χ4n) is 2.24. The van der Waals surface area contributed by atoms with Crippen molar-refractivity contribution < 1.29 is 0 Å². The molecule has 2 aromatic rings. The van der Waals surface area contributed by atoms with Gasteiger partial charge < -0.3 is 9.88 Å². The highest BCUT2D eigenvalue weighted by Crippen LogP contribution is 2.16. The topological polar surface area (TPSA) is 46.0 Å². The number of rotatable bonds is 4. The van der Waals surface area contributed by atoms with Gasteiger partial charge in [0.25, 0.3) is 0 Å². The van der Waals surface area contributed by atoms with E-state index in [0.29, 0.717) is 0 Å². The normalized spacial score (nSPS) is 15.8. The maximum atomic E-state index is 4.62. The second-order valence-electron chi connectivity index (χ2n) is 4.51. The van der Waals surface area contributed by atoms with Crippen LogP contribution in [0.15, 0.2) is 17.8 Å². The van der Waals surface area contributed by atoms with Gasteiger partial charge in [-0.15, -0.1) is 11.3 Å². The molecule has 0 unspecified atom stereocenters. The van der Waals surface area contributed by atoms with Crippen molar-refractivity contribution in [1.29, 1.82) is 0 Å². The van der Waals surface area contributed by atoms with Gasteiger partial charge in [0.05, 0.1) is 12.2 Å². The number of nitrogens with zero attached hydrogens (tertiary/aromatic N) is 4. The van der Waals surface area contributed by atoms with Crippen LogP contribution in [0.25, 0.3) is 0 Å². The quantitative estimate of drug-likeness (QED) is 0.896. The van der Waals surface area contributed by atoms with Crippen LogP contribution < -0.4 is 5.32 Å². The molecule has 0 spiro atoms. The minimum Gasteiger partial charge on any atom is -0.333 e. The highest BCUT2D eigenvalue weighted by Gasteiger charge is 2.17. The zero-order valence-electron chi connectivity index (χ0n) is 10.5. The number of thiazole rings is 1. The van der Waals surface area contributed by atoms with E-state index >= 15 is 0 Å². The van der Waals surface area contributed by atoms with E-state index < -0.39 is 0 Å². The highest BCUT2D eigenvalue weighted by atomic mass is 32.1. The van der Waals surface area contributed by atoms with Crippen LogP contribution in [0.2, 0.25) is 0 Å². The van der Waals surface area contributed by atoms with Crippen molar-refractivity contribution in [3.8, 4) is 0 Å². The summed E-state index contributed by atoms with van der Waals surface area (Å²) < 4.78 is 2.23. The zero-order chi connectivity index (χ0) is 12.4. The van der Waals surface area contributed by atoms with Gasteiger partial charge in [0.1, 0.15) is 10.8 Å². The van der Waals surface area contributed by atoms with Gasteiger partial charge >= 0.3 is 0 Å². The molecule has 0 saturated heterocycles. The van der Waals surface area contributed by atoms with Crippen LogP contribution in [0.3, 0.4) is 0 Å². The Balaban J connectivity index is 1.63. The molecule has 1 aliphatic rings. The molecule has 0 aliphatic carbocycles. The van der Waals surface area contributed by atoms with Crippen molar-refractivity contribution in [2.24, 2.45) is 0 Å². The van der Waals surface area contributed by atoms with E-state index in [9.17, 15) is 0 Å². The van der Waals surface area contributed by atoms with Gasteiger partial charge in [-0.25, -0.2) is 9.97 Å². The zero-order valence-corrected chi connectivity index (χ0v) is 11.3. The lowest BCUT2D eigenvalue weighted by molar-refractivity contribution is 0.207.